The Balaban J connectivity index is 1.33. The Labute approximate surface area is 149 Å². The lowest BCUT2D eigenvalue weighted by molar-refractivity contribution is -0.00272. The molecule has 1 aliphatic carbocycles. The van der Waals surface area contributed by atoms with Crippen molar-refractivity contribution >= 4 is 12.0 Å². The largest absolute Gasteiger partial charge is 0.376 e. The molecule has 1 N–H and O–H groups in total. The van der Waals surface area contributed by atoms with Gasteiger partial charge in [-0.1, -0.05) is 19.8 Å². The van der Waals surface area contributed by atoms with Gasteiger partial charge in [-0.2, -0.15) is 0 Å². The Morgan fingerprint density at radius 3 is 2.64 bits per heavy atom. The van der Waals surface area contributed by atoms with Crippen molar-refractivity contribution in [2.75, 3.05) is 44.2 Å². The molecule has 0 unspecified atom stereocenters. The number of carbonyl (C=O) groups excluding carboxylic acids is 1. The van der Waals surface area contributed by atoms with Crippen molar-refractivity contribution in [2.24, 2.45) is 5.92 Å². The highest BCUT2D eigenvalue weighted by atomic mass is 16.5. The van der Waals surface area contributed by atoms with Crippen LogP contribution in [-0.2, 0) is 4.74 Å². The first kappa shape index (κ1) is 17.9. The van der Waals surface area contributed by atoms with Gasteiger partial charge in [0, 0.05) is 45.1 Å². The van der Waals surface area contributed by atoms with E-state index >= 15 is 0 Å². The Morgan fingerprint density at radius 1 is 1.20 bits per heavy atom. The van der Waals surface area contributed by atoms with Gasteiger partial charge in [-0.15, -0.1) is 0 Å². The fourth-order valence-electron chi connectivity index (χ4n) is 3.57. The van der Waals surface area contributed by atoms with Gasteiger partial charge in [0.25, 0.3) is 0 Å². The summed E-state index contributed by atoms with van der Waals surface area (Å²) < 4.78 is 5.95. The van der Waals surface area contributed by atoms with Gasteiger partial charge in [0.2, 0.25) is 5.95 Å². The van der Waals surface area contributed by atoms with Crippen molar-refractivity contribution < 1.29 is 9.53 Å². The molecule has 2 aliphatic rings. The van der Waals surface area contributed by atoms with Crippen LogP contribution < -0.4 is 10.2 Å². The highest BCUT2D eigenvalue weighted by Gasteiger charge is 2.23. The van der Waals surface area contributed by atoms with Gasteiger partial charge < -0.3 is 19.9 Å². The second-order valence-corrected chi connectivity index (χ2v) is 6.93. The minimum atomic E-state index is -0.00563. The molecular weight excluding hydrogens is 318 g/mol. The molecule has 1 aromatic heterocycles. The maximum atomic E-state index is 12.3. The average Bonchev–Trinajstić information content (AvgIpc) is 2.67. The highest BCUT2D eigenvalue weighted by Crippen LogP contribution is 2.25. The summed E-state index contributed by atoms with van der Waals surface area (Å²) >= 11 is 0. The second kappa shape index (κ2) is 8.99. The first-order valence-corrected chi connectivity index (χ1v) is 9.40. The standard InChI is InChI=1S/C18H29N5O2/c1-15-5-2-3-6-16(15)25-14-9-21-18(24)23-12-10-22(11-13-23)17-19-7-4-8-20-17/h4,7-8,15-16H,2-3,5-6,9-14H2,1H3,(H,21,24)/t15-,16+/m0/s1. The molecule has 2 fully saturated rings. The number of aromatic nitrogens is 2. The SMILES string of the molecule is C[C@H]1CCCC[C@H]1OCCNC(=O)N1CCN(c2ncccn2)CC1. The lowest BCUT2D eigenvalue weighted by atomic mass is 9.88. The molecule has 2 amide bonds. The van der Waals surface area contributed by atoms with Crippen LogP contribution in [-0.4, -0.2) is 66.3 Å². The van der Waals surface area contributed by atoms with Crippen LogP contribution in [0.1, 0.15) is 32.6 Å². The molecule has 7 heteroatoms. The summed E-state index contributed by atoms with van der Waals surface area (Å²) in [5, 5.41) is 2.97. The molecule has 0 aromatic carbocycles. The summed E-state index contributed by atoms with van der Waals surface area (Å²) in [6.07, 6.45) is 8.84. The number of ether oxygens (including phenoxy) is 1. The molecule has 0 spiro atoms. The van der Waals surface area contributed by atoms with E-state index in [0.717, 1.165) is 25.5 Å². The molecule has 3 rings (SSSR count). The molecule has 1 aromatic rings. The van der Waals surface area contributed by atoms with Crippen molar-refractivity contribution in [1.29, 1.82) is 0 Å². The molecule has 25 heavy (non-hydrogen) atoms. The summed E-state index contributed by atoms with van der Waals surface area (Å²) in [5.74, 6) is 1.37. The van der Waals surface area contributed by atoms with Crippen molar-refractivity contribution in [3.8, 4) is 0 Å². The Bertz CT molecular complexity index is 534. The number of piperazine rings is 1. The van der Waals surface area contributed by atoms with Crippen LogP contribution in [0.25, 0.3) is 0 Å². The fraction of sp³-hybridized carbons (Fsp3) is 0.722. The van der Waals surface area contributed by atoms with Gasteiger partial charge in [0.05, 0.1) is 12.7 Å². The number of amides is 2. The van der Waals surface area contributed by atoms with E-state index in [1.807, 2.05) is 11.0 Å². The van der Waals surface area contributed by atoms with Crippen LogP contribution in [0.4, 0.5) is 10.7 Å². The van der Waals surface area contributed by atoms with Crippen LogP contribution in [0.3, 0.4) is 0 Å². The number of rotatable bonds is 5. The van der Waals surface area contributed by atoms with Crippen LogP contribution in [0.15, 0.2) is 18.5 Å². The van der Waals surface area contributed by atoms with E-state index in [2.05, 4.69) is 27.1 Å². The molecular formula is C18H29N5O2. The monoisotopic (exact) mass is 347 g/mol. The third-order valence-corrected chi connectivity index (χ3v) is 5.14. The van der Waals surface area contributed by atoms with Gasteiger partial charge in [-0.05, 0) is 24.8 Å². The van der Waals surface area contributed by atoms with Gasteiger partial charge in [-0.3, -0.25) is 0 Å². The van der Waals surface area contributed by atoms with Crippen molar-refractivity contribution in [1.82, 2.24) is 20.2 Å². The fourth-order valence-corrected chi connectivity index (χ4v) is 3.57. The maximum absolute atomic E-state index is 12.3. The minimum Gasteiger partial charge on any atom is -0.376 e. The summed E-state index contributed by atoms with van der Waals surface area (Å²) in [4.78, 5) is 24.7. The molecule has 2 atom stereocenters. The zero-order chi connectivity index (χ0) is 17.5. The van der Waals surface area contributed by atoms with Crippen LogP contribution in [0, 0.1) is 5.92 Å². The number of hydrogen-bond donors (Lipinski definition) is 1. The van der Waals surface area contributed by atoms with Gasteiger partial charge in [0.1, 0.15) is 0 Å². The number of urea groups is 1. The predicted molar refractivity (Wildman–Crippen MR) is 96.6 cm³/mol. The molecule has 1 saturated carbocycles. The van der Waals surface area contributed by atoms with E-state index in [1.165, 1.54) is 19.3 Å². The van der Waals surface area contributed by atoms with E-state index in [9.17, 15) is 4.79 Å². The predicted octanol–water partition coefficient (Wildman–Crippen LogP) is 1.90. The van der Waals surface area contributed by atoms with Gasteiger partial charge in [-0.25, -0.2) is 14.8 Å². The van der Waals surface area contributed by atoms with E-state index in [4.69, 9.17) is 4.74 Å². The van der Waals surface area contributed by atoms with E-state index in [-0.39, 0.29) is 6.03 Å². The summed E-state index contributed by atoms with van der Waals surface area (Å²) in [6.45, 7) is 6.32. The van der Waals surface area contributed by atoms with E-state index < -0.39 is 0 Å². The first-order valence-electron chi connectivity index (χ1n) is 9.40. The molecule has 0 radical (unpaired) electrons. The first-order chi connectivity index (χ1) is 12.2. The van der Waals surface area contributed by atoms with Gasteiger partial charge in [0.15, 0.2) is 0 Å². The lowest BCUT2D eigenvalue weighted by Crippen LogP contribution is -2.52. The molecule has 1 saturated heterocycles. The molecule has 138 valence electrons. The van der Waals surface area contributed by atoms with E-state index in [1.54, 1.807) is 12.4 Å². The summed E-state index contributed by atoms with van der Waals surface area (Å²) in [7, 11) is 0. The zero-order valence-corrected chi connectivity index (χ0v) is 15.1. The van der Waals surface area contributed by atoms with Crippen LogP contribution >= 0.6 is 0 Å². The van der Waals surface area contributed by atoms with Crippen molar-refractivity contribution in [2.45, 2.75) is 38.7 Å². The molecule has 7 nitrogen and oxygen atoms in total. The number of nitrogens with one attached hydrogen (secondary N) is 1. The third kappa shape index (κ3) is 5.04. The van der Waals surface area contributed by atoms with E-state index in [0.29, 0.717) is 38.3 Å². The average molecular weight is 347 g/mol. The smallest absolute Gasteiger partial charge is 0.317 e. The Hall–Kier alpha value is -1.89. The summed E-state index contributed by atoms with van der Waals surface area (Å²) in [6, 6.07) is 1.80. The van der Waals surface area contributed by atoms with Gasteiger partial charge >= 0.3 is 6.03 Å². The zero-order valence-electron chi connectivity index (χ0n) is 15.1. The number of anilines is 1. The van der Waals surface area contributed by atoms with Crippen molar-refractivity contribution in [3.05, 3.63) is 18.5 Å². The molecule has 0 bridgehead atoms. The van der Waals surface area contributed by atoms with Crippen molar-refractivity contribution in [3.63, 3.8) is 0 Å². The third-order valence-electron chi connectivity index (χ3n) is 5.14. The second-order valence-electron chi connectivity index (χ2n) is 6.93. The quantitative estimate of drug-likeness (QED) is 0.824. The Kier molecular flexibility index (Phi) is 6.44. The normalized spacial score (nSPS) is 24.2. The van der Waals surface area contributed by atoms with Crippen LogP contribution in [0.2, 0.25) is 0 Å². The lowest BCUT2D eigenvalue weighted by Gasteiger charge is -2.34. The molecule has 2 heterocycles. The topological polar surface area (TPSA) is 70.6 Å². The number of nitrogens with zero attached hydrogens (tertiary/aromatic N) is 4. The Morgan fingerprint density at radius 2 is 1.92 bits per heavy atom. The maximum Gasteiger partial charge on any atom is 0.317 e. The molecule has 1 aliphatic heterocycles. The summed E-state index contributed by atoms with van der Waals surface area (Å²) in [5.41, 5.74) is 0. The van der Waals surface area contributed by atoms with Crippen LogP contribution in [0.5, 0.6) is 0 Å². The highest BCUT2D eigenvalue weighted by molar-refractivity contribution is 5.74. The number of carbonyl (C=O) groups is 1. The minimum absolute atomic E-state index is 0.00563. The number of hydrogen-bond acceptors (Lipinski definition) is 5.